The zero-order chi connectivity index (χ0) is 7.40. The van der Waals surface area contributed by atoms with Crippen molar-refractivity contribution in [1.29, 1.82) is 0 Å². The minimum Gasteiger partial charge on any atom is -0.493 e. The molecule has 1 fully saturated rings. The summed E-state index contributed by atoms with van der Waals surface area (Å²) in [6.07, 6.45) is 3.75. The van der Waals surface area contributed by atoms with Gasteiger partial charge in [-0.15, -0.1) is 6.58 Å². The van der Waals surface area contributed by atoms with Crippen LogP contribution >= 0.6 is 0 Å². The molecule has 1 heterocycles. The Hall–Kier alpha value is -0.760. The fraction of sp³-hybridized carbons (Fsp3) is 0.500. The van der Waals surface area contributed by atoms with E-state index in [9.17, 15) is 0 Å². The summed E-state index contributed by atoms with van der Waals surface area (Å²) < 4.78 is 10.6. The van der Waals surface area contributed by atoms with Gasteiger partial charge in [0.15, 0.2) is 0 Å². The molecular weight excluding hydrogens is 128 g/mol. The van der Waals surface area contributed by atoms with Gasteiger partial charge < -0.3 is 9.47 Å². The molecule has 2 heteroatoms. The van der Waals surface area contributed by atoms with Crippen LogP contribution in [0.15, 0.2) is 24.5 Å². The molecule has 1 atom stereocenters. The molecule has 1 aliphatic heterocycles. The third kappa shape index (κ3) is 1.61. The fourth-order valence-corrected chi connectivity index (χ4v) is 0.771. The highest BCUT2D eigenvalue weighted by Gasteiger charge is 2.13. The molecule has 56 valence electrons. The number of ether oxygens (including phenoxy) is 2. The van der Waals surface area contributed by atoms with Crippen LogP contribution in [0.3, 0.4) is 0 Å². The molecule has 2 nitrogen and oxygen atoms in total. The third-order valence-corrected chi connectivity index (χ3v) is 1.46. The number of rotatable bonds is 1. The lowest BCUT2D eigenvalue weighted by molar-refractivity contribution is -0.0260. The predicted octanol–water partition coefficient (Wildman–Crippen LogP) is 1.49. The first-order valence-electron chi connectivity index (χ1n) is 3.39. The van der Waals surface area contributed by atoms with Crippen LogP contribution in [-0.4, -0.2) is 19.3 Å². The Labute approximate surface area is 61.1 Å². The Bertz CT molecular complexity index is 139. The predicted molar refractivity (Wildman–Crippen MR) is 39.6 cm³/mol. The highest BCUT2D eigenvalue weighted by Crippen LogP contribution is 2.09. The third-order valence-electron chi connectivity index (χ3n) is 1.46. The van der Waals surface area contributed by atoms with Crippen molar-refractivity contribution in [2.24, 2.45) is 0 Å². The van der Waals surface area contributed by atoms with E-state index < -0.39 is 0 Å². The van der Waals surface area contributed by atoms with E-state index in [1.807, 2.05) is 13.0 Å². The molecule has 0 aromatic heterocycles. The van der Waals surface area contributed by atoms with Crippen LogP contribution in [0.2, 0.25) is 0 Å². The van der Waals surface area contributed by atoms with Crippen LogP contribution in [0.1, 0.15) is 6.92 Å². The van der Waals surface area contributed by atoms with Gasteiger partial charge in [-0.25, -0.2) is 0 Å². The molecule has 0 radical (unpaired) electrons. The molecule has 10 heavy (non-hydrogen) atoms. The molecule has 1 unspecified atom stereocenters. The van der Waals surface area contributed by atoms with E-state index >= 15 is 0 Å². The Balaban J connectivity index is 2.37. The van der Waals surface area contributed by atoms with Gasteiger partial charge in [0.1, 0.15) is 25.1 Å². The van der Waals surface area contributed by atoms with Gasteiger partial charge in [0.25, 0.3) is 0 Å². The topological polar surface area (TPSA) is 18.5 Å². The van der Waals surface area contributed by atoms with E-state index in [1.54, 1.807) is 6.08 Å². The molecule has 0 aliphatic carbocycles. The highest BCUT2D eigenvalue weighted by atomic mass is 16.6. The van der Waals surface area contributed by atoms with Crippen molar-refractivity contribution >= 4 is 0 Å². The smallest absolute Gasteiger partial charge is 0.118 e. The average Bonchev–Trinajstić information content (AvgIpc) is 2.05. The molecule has 0 aromatic rings. The summed E-state index contributed by atoms with van der Waals surface area (Å²) in [5.74, 6) is 0.915. The van der Waals surface area contributed by atoms with Gasteiger partial charge in [-0.05, 0) is 13.0 Å². The maximum atomic E-state index is 5.32. The van der Waals surface area contributed by atoms with Crippen LogP contribution in [0.25, 0.3) is 0 Å². The van der Waals surface area contributed by atoms with Crippen LogP contribution in [0.4, 0.5) is 0 Å². The first-order chi connectivity index (χ1) is 4.86. The van der Waals surface area contributed by atoms with Crippen LogP contribution in [-0.2, 0) is 9.47 Å². The van der Waals surface area contributed by atoms with E-state index in [0.29, 0.717) is 13.2 Å². The van der Waals surface area contributed by atoms with Crippen molar-refractivity contribution in [3.8, 4) is 0 Å². The molecule has 0 bridgehead atoms. The van der Waals surface area contributed by atoms with Gasteiger partial charge in [0.05, 0.1) is 0 Å². The summed E-state index contributed by atoms with van der Waals surface area (Å²) in [4.78, 5) is 0. The number of hydrogen-bond donors (Lipinski definition) is 0. The van der Waals surface area contributed by atoms with Crippen molar-refractivity contribution in [3.05, 3.63) is 24.5 Å². The molecule has 1 rings (SSSR count). The second kappa shape index (κ2) is 3.42. The Morgan fingerprint density at radius 1 is 1.70 bits per heavy atom. The number of hydrogen-bond acceptors (Lipinski definition) is 2. The summed E-state index contributed by atoms with van der Waals surface area (Å²) >= 11 is 0. The molecule has 0 saturated carbocycles. The average molecular weight is 140 g/mol. The van der Waals surface area contributed by atoms with Crippen LogP contribution in [0.5, 0.6) is 0 Å². The molecule has 0 spiro atoms. The van der Waals surface area contributed by atoms with Gasteiger partial charge in [-0.2, -0.15) is 0 Å². The molecule has 0 amide bonds. The van der Waals surface area contributed by atoms with Crippen molar-refractivity contribution in [2.45, 2.75) is 13.0 Å². The Morgan fingerprint density at radius 2 is 2.50 bits per heavy atom. The summed E-state index contributed by atoms with van der Waals surface area (Å²) in [5.41, 5.74) is 0. The zero-order valence-electron chi connectivity index (χ0n) is 6.17. The van der Waals surface area contributed by atoms with Gasteiger partial charge in [-0.1, -0.05) is 6.08 Å². The van der Waals surface area contributed by atoms with Crippen molar-refractivity contribution < 1.29 is 9.47 Å². The standard InChI is InChI=1S/C8H12O2/c1-3-7-5-10-8(4-2)6-9-7/h3-4,7H,1,5-6H2,2H3/b8-4+. The van der Waals surface area contributed by atoms with Crippen LogP contribution < -0.4 is 0 Å². The summed E-state index contributed by atoms with van der Waals surface area (Å²) in [5, 5.41) is 0. The molecular formula is C8H12O2. The normalized spacial score (nSPS) is 29.7. The first kappa shape index (κ1) is 7.35. The molecule has 0 aromatic carbocycles. The van der Waals surface area contributed by atoms with Gasteiger partial charge in [-0.3, -0.25) is 0 Å². The molecule has 0 N–H and O–H groups in total. The fourth-order valence-electron chi connectivity index (χ4n) is 0.771. The van der Waals surface area contributed by atoms with E-state index in [2.05, 4.69) is 6.58 Å². The summed E-state index contributed by atoms with van der Waals surface area (Å²) in [6.45, 7) is 6.73. The van der Waals surface area contributed by atoms with Crippen molar-refractivity contribution in [2.75, 3.05) is 13.2 Å². The quantitative estimate of drug-likeness (QED) is 0.514. The van der Waals surface area contributed by atoms with Crippen molar-refractivity contribution in [1.82, 2.24) is 0 Å². The lowest BCUT2D eigenvalue weighted by Crippen LogP contribution is -2.25. The SMILES string of the molecule is C=CC1CO/C(=C/C)CO1. The largest absolute Gasteiger partial charge is 0.493 e. The van der Waals surface area contributed by atoms with Gasteiger partial charge >= 0.3 is 0 Å². The molecule has 1 saturated heterocycles. The molecule has 1 aliphatic rings. The summed E-state index contributed by atoms with van der Waals surface area (Å²) in [7, 11) is 0. The lowest BCUT2D eigenvalue weighted by atomic mass is 10.3. The highest BCUT2D eigenvalue weighted by molar-refractivity contribution is 4.96. The lowest BCUT2D eigenvalue weighted by Gasteiger charge is -2.22. The minimum absolute atomic E-state index is 0.0729. The second-order valence-corrected chi connectivity index (χ2v) is 2.15. The monoisotopic (exact) mass is 140 g/mol. The first-order valence-corrected chi connectivity index (χ1v) is 3.39. The van der Waals surface area contributed by atoms with Crippen molar-refractivity contribution in [3.63, 3.8) is 0 Å². The maximum absolute atomic E-state index is 5.32. The van der Waals surface area contributed by atoms with E-state index in [-0.39, 0.29) is 6.10 Å². The zero-order valence-corrected chi connectivity index (χ0v) is 6.17. The maximum Gasteiger partial charge on any atom is 0.118 e. The second-order valence-electron chi connectivity index (χ2n) is 2.15. The van der Waals surface area contributed by atoms with E-state index in [1.165, 1.54) is 0 Å². The van der Waals surface area contributed by atoms with E-state index in [0.717, 1.165) is 5.76 Å². The number of allylic oxidation sites excluding steroid dienone is 1. The van der Waals surface area contributed by atoms with E-state index in [4.69, 9.17) is 9.47 Å². The summed E-state index contributed by atoms with van der Waals surface area (Å²) in [6, 6.07) is 0. The Morgan fingerprint density at radius 3 is 2.90 bits per heavy atom. The van der Waals surface area contributed by atoms with Gasteiger partial charge in [0, 0.05) is 0 Å². The minimum atomic E-state index is 0.0729. The van der Waals surface area contributed by atoms with Crippen LogP contribution in [0, 0.1) is 0 Å². The Kier molecular flexibility index (Phi) is 2.51. The van der Waals surface area contributed by atoms with Gasteiger partial charge in [0.2, 0.25) is 0 Å².